The van der Waals surface area contributed by atoms with E-state index in [0.29, 0.717) is 19.8 Å². The van der Waals surface area contributed by atoms with Gasteiger partial charge in [-0.25, -0.2) is 0 Å². The van der Waals surface area contributed by atoms with Crippen molar-refractivity contribution in [3.63, 3.8) is 0 Å². The SMILES string of the molecule is C=COCCOCCO.Cc1ccc(S(=O)(=O)O)cc1. The van der Waals surface area contributed by atoms with E-state index >= 15 is 0 Å². The van der Waals surface area contributed by atoms with E-state index in [1.807, 2.05) is 6.92 Å². The molecule has 0 aliphatic carbocycles. The fourth-order valence-electron chi connectivity index (χ4n) is 1.07. The van der Waals surface area contributed by atoms with Crippen molar-refractivity contribution in [2.75, 3.05) is 26.4 Å². The van der Waals surface area contributed by atoms with E-state index in [1.54, 1.807) is 12.1 Å². The monoisotopic (exact) mass is 304 g/mol. The van der Waals surface area contributed by atoms with Crippen molar-refractivity contribution in [2.45, 2.75) is 11.8 Å². The van der Waals surface area contributed by atoms with Gasteiger partial charge in [0.2, 0.25) is 0 Å². The van der Waals surface area contributed by atoms with E-state index in [1.165, 1.54) is 18.4 Å². The number of aliphatic hydroxyl groups is 1. The highest BCUT2D eigenvalue weighted by atomic mass is 32.2. The van der Waals surface area contributed by atoms with Crippen LogP contribution >= 0.6 is 0 Å². The van der Waals surface area contributed by atoms with Crippen LogP contribution in [0.1, 0.15) is 5.56 Å². The van der Waals surface area contributed by atoms with Gasteiger partial charge in [0.15, 0.2) is 0 Å². The molecule has 0 amide bonds. The molecular formula is C13H20O6S. The fraction of sp³-hybridized carbons (Fsp3) is 0.385. The number of benzene rings is 1. The van der Waals surface area contributed by atoms with Gasteiger partial charge in [-0.15, -0.1) is 0 Å². The fourth-order valence-corrected chi connectivity index (χ4v) is 1.55. The third kappa shape index (κ3) is 9.51. The molecular weight excluding hydrogens is 284 g/mol. The van der Waals surface area contributed by atoms with Gasteiger partial charge in [-0.2, -0.15) is 8.42 Å². The van der Waals surface area contributed by atoms with Crippen molar-refractivity contribution in [2.24, 2.45) is 0 Å². The average molecular weight is 304 g/mol. The molecule has 0 aromatic heterocycles. The molecule has 0 fully saturated rings. The lowest BCUT2D eigenvalue weighted by molar-refractivity contribution is 0.0603. The predicted octanol–water partition coefficient (Wildman–Crippen LogP) is 1.40. The molecule has 0 spiro atoms. The molecule has 0 unspecified atom stereocenters. The zero-order valence-electron chi connectivity index (χ0n) is 11.4. The van der Waals surface area contributed by atoms with Crippen molar-refractivity contribution in [3.05, 3.63) is 42.7 Å². The lowest BCUT2D eigenvalue weighted by Gasteiger charge is -2.00. The lowest BCUT2D eigenvalue weighted by Crippen LogP contribution is -2.04. The third-order valence-corrected chi connectivity index (χ3v) is 2.89. The van der Waals surface area contributed by atoms with Crippen LogP contribution in [0.4, 0.5) is 0 Å². The van der Waals surface area contributed by atoms with Crippen molar-refractivity contribution >= 4 is 10.1 Å². The largest absolute Gasteiger partial charge is 0.499 e. The Morgan fingerprint density at radius 3 is 2.25 bits per heavy atom. The van der Waals surface area contributed by atoms with Crippen molar-refractivity contribution in [3.8, 4) is 0 Å². The molecule has 0 saturated heterocycles. The van der Waals surface area contributed by atoms with Crippen LogP contribution in [-0.4, -0.2) is 44.5 Å². The molecule has 7 heteroatoms. The molecule has 114 valence electrons. The first-order chi connectivity index (χ1) is 9.41. The first-order valence-corrected chi connectivity index (χ1v) is 7.31. The van der Waals surface area contributed by atoms with Gasteiger partial charge in [-0.05, 0) is 19.1 Å². The summed E-state index contributed by atoms with van der Waals surface area (Å²) < 4.78 is 39.2. The van der Waals surface area contributed by atoms with E-state index in [-0.39, 0.29) is 11.5 Å². The number of rotatable bonds is 7. The van der Waals surface area contributed by atoms with Gasteiger partial charge in [0.05, 0.1) is 31.0 Å². The average Bonchev–Trinajstić information content (AvgIpc) is 2.39. The van der Waals surface area contributed by atoms with Crippen molar-refractivity contribution in [1.29, 1.82) is 0 Å². The van der Waals surface area contributed by atoms with E-state index in [0.717, 1.165) is 5.56 Å². The van der Waals surface area contributed by atoms with Crippen LogP contribution in [-0.2, 0) is 19.6 Å². The van der Waals surface area contributed by atoms with E-state index in [2.05, 4.69) is 6.58 Å². The molecule has 0 atom stereocenters. The van der Waals surface area contributed by atoms with Crippen molar-refractivity contribution < 1.29 is 27.6 Å². The Kier molecular flexibility index (Phi) is 9.65. The van der Waals surface area contributed by atoms with Crippen molar-refractivity contribution in [1.82, 2.24) is 0 Å². The van der Waals surface area contributed by atoms with Crippen LogP contribution in [0.5, 0.6) is 0 Å². The highest BCUT2D eigenvalue weighted by Crippen LogP contribution is 2.08. The minimum absolute atomic E-state index is 0.0636. The maximum Gasteiger partial charge on any atom is 0.294 e. The second kappa shape index (κ2) is 10.4. The van der Waals surface area contributed by atoms with Gasteiger partial charge in [0.1, 0.15) is 6.61 Å². The minimum atomic E-state index is -4.02. The molecule has 0 radical (unpaired) electrons. The zero-order valence-corrected chi connectivity index (χ0v) is 12.2. The van der Waals surface area contributed by atoms with Crippen LogP contribution < -0.4 is 0 Å². The van der Waals surface area contributed by atoms with Gasteiger partial charge in [-0.1, -0.05) is 24.3 Å². The molecule has 0 aliphatic rings. The third-order valence-electron chi connectivity index (χ3n) is 2.02. The molecule has 1 rings (SSSR count). The molecule has 0 saturated carbocycles. The summed E-state index contributed by atoms with van der Waals surface area (Å²) >= 11 is 0. The summed E-state index contributed by atoms with van der Waals surface area (Å²) in [5, 5.41) is 8.24. The smallest absolute Gasteiger partial charge is 0.294 e. The Bertz CT molecular complexity index is 466. The molecule has 20 heavy (non-hydrogen) atoms. The van der Waals surface area contributed by atoms with Crippen LogP contribution in [0.3, 0.4) is 0 Å². The number of ether oxygens (including phenoxy) is 2. The highest BCUT2D eigenvalue weighted by molar-refractivity contribution is 7.85. The maximum absolute atomic E-state index is 10.5. The number of hydrogen-bond acceptors (Lipinski definition) is 5. The normalized spacial score (nSPS) is 10.3. The Hall–Kier alpha value is -1.41. The molecule has 1 aromatic carbocycles. The topological polar surface area (TPSA) is 93.1 Å². The summed E-state index contributed by atoms with van der Waals surface area (Å²) in [6.07, 6.45) is 1.36. The van der Waals surface area contributed by atoms with Crippen LogP contribution in [0, 0.1) is 6.92 Å². The van der Waals surface area contributed by atoms with Gasteiger partial charge in [0, 0.05) is 0 Å². The number of aryl methyl sites for hydroxylation is 1. The lowest BCUT2D eigenvalue weighted by atomic mass is 10.2. The molecule has 0 bridgehead atoms. The molecule has 0 aliphatic heterocycles. The van der Waals surface area contributed by atoms with Crippen LogP contribution in [0.25, 0.3) is 0 Å². The van der Waals surface area contributed by atoms with Gasteiger partial charge in [0.25, 0.3) is 10.1 Å². The number of aliphatic hydroxyl groups excluding tert-OH is 1. The summed E-state index contributed by atoms with van der Waals surface area (Å²) in [5.41, 5.74) is 0.956. The Labute approximate surface area is 119 Å². The highest BCUT2D eigenvalue weighted by Gasteiger charge is 2.06. The first-order valence-electron chi connectivity index (χ1n) is 5.87. The number of hydrogen-bond donors (Lipinski definition) is 2. The van der Waals surface area contributed by atoms with Gasteiger partial charge >= 0.3 is 0 Å². The van der Waals surface area contributed by atoms with Crippen LogP contribution in [0.15, 0.2) is 42.0 Å². The summed E-state index contributed by atoms with van der Waals surface area (Å²) in [7, 11) is -4.02. The van der Waals surface area contributed by atoms with Gasteiger partial charge < -0.3 is 14.6 Å². The van der Waals surface area contributed by atoms with E-state index in [9.17, 15) is 8.42 Å². The summed E-state index contributed by atoms with van der Waals surface area (Å²) in [5.74, 6) is 0. The Balaban J connectivity index is 0.000000370. The second-order valence-corrected chi connectivity index (χ2v) is 5.08. The summed E-state index contributed by atoms with van der Waals surface area (Å²) in [6, 6.07) is 5.99. The second-order valence-electron chi connectivity index (χ2n) is 3.66. The standard InChI is InChI=1S/C7H8O3S.C6H12O3/c1-6-2-4-7(5-3-6)11(8,9)10;1-2-8-5-6-9-4-3-7/h2-5H,1H3,(H,8,9,10);2,7H,1,3-6H2. The zero-order chi connectivity index (χ0) is 15.4. The maximum atomic E-state index is 10.5. The minimum Gasteiger partial charge on any atom is -0.499 e. The summed E-state index contributed by atoms with van der Waals surface area (Å²) in [4.78, 5) is -0.0666. The van der Waals surface area contributed by atoms with Gasteiger partial charge in [-0.3, -0.25) is 4.55 Å². The molecule has 0 heterocycles. The first kappa shape index (κ1) is 18.6. The van der Waals surface area contributed by atoms with E-state index < -0.39 is 10.1 Å². The summed E-state index contributed by atoms with van der Waals surface area (Å²) in [6.45, 7) is 6.64. The molecule has 6 nitrogen and oxygen atoms in total. The predicted molar refractivity (Wildman–Crippen MR) is 75.0 cm³/mol. The molecule has 1 aromatic rings. The van der Waals surface area contributed by atoms with Crippen LogP contribution in [0.2, 0.25) is 0 Å². The molecule has 2 N–H and O–H groups in total. The quantitative estimate of drug-likeness (QED) is 0.449. The Morgan fingerprint density at radius 2 is 1.80 bits per heavy atom. The Morgan fingerprint density at radius 1 is 1.20 bits per heavy atom. The van der Waals surface area contributed by atoms with E-state index in [4.69, 9.17) is 19.1 Å².